The summed E-state index contributed by atoms with van der Waals surface area (Å²) in [7, 11) is 0. The van der Waals surface area contributed by atoms with Gasteiger partial charge in [-0.25, -0.2) is 4.68 Å². The van der Waals surface area contributed by atoms with Gasteiger partial charge >= 0.3 is 0 Å². The summed E-state index contributed by atoms with van der Waals surface area (Å²) in [6.07, 6.45) is 0. The Kier molecular flexibility index (Phi) is 4.65. The van der Waals surface area contributed by atoms with Crippen molar-refractivity contribution in [2.75, 3.05) is 5.32 Å². The smallest absolute Gasteiger partial charge is 0.246 e. The SMILES string of the molecule is CC(=O)c1cccc(NC(=O)Cn2nnnc2-c2ccc(C)cc2)c1. The Labute approximate surface area is 144 Å². The molecule has 0 atom stereocenters. The quantitative estimate of drug-likeness (QED) is 0.724. The van der Waals surface area contributed by atoms with Gasteiger partial charge < -0.3 is 5.32 Å². The second kappa shape index (κ2) is 7.04. The van der Waals surface area contributed by atoms with Gasteiger partial charge in [-0.05, 0) is 36.4 Å². The van der Waals surface area contributed by atoms with Crippen LogP contribution in [0.4, 0.5) is 5.69 Å². The Morgan fingerprint density at radius 2 is 1.88 bits per heavy atom. The van der Waals surface area contributed by atoms with Gasteiger partial charge in [0.25, 0.3) is 0 Å². The first kappa shape index (κ1) is 16.5. The molecule has 0 unspecified atom stereocenters. The zero-order valence-corrected chi connectivity index (χ0v) is 13.9. The van der Waals surface area contributed by atoms with Crippen LogP contribution >= 0.6 is 0 Å². The molecule has 25 heavy (non-hydrogen) atoms. The van der Waals surface area contributed by atoms with Gasteiger partial charge in [-0.1, -0.05) is 42.0 Å². The summed E-state index contributed by atoms with van der Waals surface area (Å²) in [4.78, 5) is 23.7. The van der Waals surface area contributed by atoms with E-state index in [-0.39, 0.29) is 18.2 Å². The molecule has 3 rings (SSSR count). The highest BCUT2D eigenvalue weighted by Crippen LogP contribution is 2.16. The first-order chi connectivity index (χ1) is 12.0. The van der Waals surface area contributed by atoms with Gasteiger partial charge in [-0.2, -0.15) is 0 Å². The van der Waals surface area contributed by atoms with E-state index in [9.17, 15) is 9.59 Å². The summed E-state index contributed by atoms with van der Waals surface area (Å²) in [5.74, 6) is 0.187. The first-order valence-corrected chi connectivity index (χ1v) is 7.77. The average molecular weight is 335 g/mol. The second-order valence-electron chi connectivity index (χ2n) is 5.71. The summed E-state index contributed by atoms with van der Waals surface area (Å²) in [6.45, 7) is 3.45. The monoisotopic (exact) mass is 335 g/mol. The number of aryl methyl sites for hydroxylation is 1. The fourth-order valence-corrected chi connectivity index (χ4v) is 2.37. The van der Waals surface area contributed by atoms with Crippen molar-refractivity contribution >= 4 is 17.4 Å². The van der Waals surface area contributed by atoms with E-state index in [1.807, 2.05) is 31.2 Å². The molecule has 0 aliphatic carbocycles. The van der Waals surface area contributed by atoms with Crippen molar-refractivity contribution in [1.29, 1.82) is 0 Å². The zero-order valence-electron chi connectivity index (χ0n) is 13.9. The number of anilines is 1. The molecule has 1 amide bonds. The van der Waals surface area contributed by atoms with Crippen molar-refractivity contribution < 1.29 is 9.59 Å². The van der Waals surface area contributed by atoms with Crippen LogP contribution in [0, 0.1) is 6.92 Å². The zero-order chi connectivity index (χ0) is 17.8. The second-order valence-corrected chi connectivity index (χ2v) is 5.71. The van der Waals surface area contributed by atoms with Crippen molar-refractivity contribution in [2.45, 2.75) is 20.4 Å². The fraction of sp³-hybridized carbons (Fsp3) is 0.167. The van der Waals surface area contributed by atoms with Crippen LogP contribution in [0.1, 0.15) is 22.8 Å². The summed E-state index contributed by atoms with van der Waals surface area (Å²) in [5.41, 5.74) is 3.07. The lowest BCUT2D eigenvalue weighted by molar-refractivity contribution is -0.116. The van der Waals surface area contributed by atoms with Crippen molar-refractivity contribution in [2.24, 2.45) is 0 Å². The van der Waals surface area contributed by atoms with Gasteiger partial charge in [0.2, 0.25) is 5.91 Å². The number of carbonyl (C=O) groups excluding carboxylic acids is 2. The van der Waals surface area contributed by atoms with Crippen LogP contribution in [0.3, 0.4) is 0 Å². The van der Waals surface area contributed by atoms with Crippen molar-refractivity contribution in [3.8, 4) is 11.4 Å². The average Bonchev–Trinajstić information content (AvgIpc) is 3.03. The fourth-order valence-electron chi connectivity index (χ4n) is 2.37. The number of hydrogen-bond acceptors (Lipinski definition) is 5. The number of ketones is 1. The molecule has 0 aliphatic heterocycles. The molecule has 0 radical (unpaired) electrons. The molecule has 7 heteroatoms. The number of nitrogens with one attached hydrogen (secondary N) is 1. The van der Waals surface area contributed by atoms with Crippen LogP contribution in [0.25, 0.3) is 11.4 Å². The molecule has 0 aliphatic rings. The third-order valence-electron chi connectivity index (χ3n) is 3.69. The number of hydrogen-bond donors (Lipinski definition) is 1. The molecule has 0 saturated heterocycles. The molecule has 126 valence electrons. The lowest BCUT2D eigenvalue weighted by atomic mass is 10.1. The molecular weight excluding hydrogens is 318 g/mol. The molecule has 7 nitrogen and oxygen atoms in total. The first-order valence-electron chi connectivity index (χ1n) is 7.77. The summed E-state index contributed by atoms with van der Waals surface area (Å²) in [5, 5.41) is 14.3. The Morgan fingerprint density at radius 3 is 2.60 bits per heavy atom. The molecule has 3 aromatic rings. The topological polar surface area (TPSA) is 89.8 Å². The van der Waals surface area contributed by atoms with Crippen LogP contribution in [0.2, 0.25) is 0 Å². The van der Waals surface area contributed by atoms with E-state index in [0.29, 0.717) is 17.1 Å². The maximum absolute atomic E-state index is 12.3. The lowest BCUT2D eigenvalue weighted by Gasteiger charge is -2.08. The summed E-state index contributed by atoms with van der Waals surface area (Å²) >= 11 is 0. The van der Waals surface area contributed by atoms with Crippen LogP contribution in [0.5, 0.6) is 0 Å². The highest BCUT2D eigenvalue weighted by atomic mass is 16.2. The molecule has 0 bridgehead atoms. The molecule has 0 spiro atoms. The van der Waals surface area contributed by atoms with E-state index in [4.69, 9.17) is 0 Å². The molecule has 0 fully saturated rings. The minimum Gasteiger partial charge on any atom is -0.324 e. The number of carbonyl (C=O) groups is 2. The van der Waals surface area contributed by atoms with E-state index in [2.05, 4.69) is 20.8 Å². The summed E-state index contributed by atoms with van der Waals surface area (Å²) < 4.78 is 1.44. The highest BCUT2D eigenvalue weighted by Gasteiger charge is 2.13. The summed E-state index contributed by atoms with van der Waals surface area (Å²) in [6, 6.07) is 14.5. The third-order valence-corrected chi connectivity index (χ3v) is 3.69. The highest BCUT2D eigenvalue weighted by molar-refractivity contribution is 5.97. The third kappa shape index (κ3) is 3.95. The lowest BCUT2D eigenvalue weighted by Crippen LogP contribution is -2.20. The number of tetrazole rings is 1. The van der Waals surface area contributed by atoms with Gasteiger partial charge in [-0.3, -0.25) is 9.59 Å². The number of nitrogens with zero attached hydrogens (tertiary/aromatic N) is 4. The minimum atomic E-state index is -0.277. The van der Waals surface area contributed by atoms with E-state index >= 15 is 0 Å². The number of Topliss-reactive ketones (excluding diaryl/α,β-unsaturated/α-hetero) is 1. The van der Waals surface area contributed by atoms with Gasteiger partial charge in [0.05, 0.1) is 0 Å². The van der Waals surface area contributed by atoms with Crippen molar-refractivity contribution in [3.63, 3.8) is 0 Å². The predicted octanol–water partition coefficient (Wildman–Crippen LogP) is 2.49. The van der Waals surface area contributed by atoms with Gasteiger partial charge in [0.15, 0.2) is 11.6 Å². The van der Waals surface area contributed by atoms with Crippen LogP contribution in [0.15, 0.2) is 48.5 Å². The van der Waals surface area contributed by atoms with E-state index < -0.39 is 0 Å². The van der Waals surface area contributed by atoms with Gasteiger partial charge in [-0.15, -0.1) is 5.10 Å². The van der Waals surface area contributed by atoms with Gasteiger partial charge in [0, 0.05) is 16.8 Å². The molecule has 1 heterocycles. The van der Waals surface area contributed by atoms with E-state index in [0.717, 1.165) is 11.1 Å². The minimum absolute atomic E-state index is 0.0273. The van der Waals surface area contributed by atoms with E-state index in [1.54, 1.807) is 24.3 Å². The molecular formula is C18H17N5O2. The normalized spacial score (nSPS) is 10.5. The Morgan fingerprint density at radius 1 is 1.12 bits per heavy atom. The Hall–Kier alpha value is -3.35. The number of rotatable bonds is 5. The van der Waals surface area contributed by atoms with Crippen LogP contribution < -0.4 is 5.32 Å². The number of amides is 1. The molecule has 1 aromatic heterocycles. The Bertz CT molecular complexity index is 915. The molecule has 1 N–H and O–H groups in total. The number of benzene rings is 2. The maximum atomic E-state index is 12.3. The largest absolute Gasteiger partial charge is 0.324 e. The Balaban J connectivity index is 1.74. The molecule has 2 aromatic carbocycles. The number of aromatic nitrogens is 4. The maximum Gasteiger partial charge on any atom is 0.246 e. The standard InChI is InChI=1S/C18H17N5O2/c1-12-6-8-14(9-7-12)18-20-21-22-23(18)11-17(25)19-16-5-3-4-15(10-16)13(2)24/h3-10H,11H2,1-2H3,(H,19,25). The van der Waals surface area contributed by atoms with Crippen molar-refractivity contribution in [3.05, 3.63) is 59.7 Å². The van der Waals surface area contributed by atoms with E-state index in [1.165, 1.54) is 11.6 Å². The molecule has 0 saturated carbocycles. The van der Waals surface area contributed by atoms with Gasteiger partial charge in [0.1, 0.15) is 6.54 Å². The predicted molar refractivity (Wildman–Crippen MR) is 93.1 cm³/mol. The van der Waals surface area contributed by atoms with Crippen LogP contribution in [-0.2, 0) is 11.3 Å². The van der Waals surface area contributed by atoms with Crippen LogP contribution in [-0.4, -0.2) is 31.9 Å². The van der Waals surface area contributed by atoms with Crippen molar-refractivity contribution in [1.82, 2.24) is 20.2 Å².